The molecule has 2 heterocycles. The molecule has 0 radical (unpaired) electrons. The second-order valence-corrected chi connectivity index (χ2v) is 5.94. The number of likely N-dealkylation sites (tertiary alicyclic amines) is 1. The summed E-state index contributed by atoms with van der Waals surface area (Å²) in [7, 11) is 0. The van der Waals surface area contributed by atoms with Crippen molar-refractivity contribution in [3.8, 4) is 0 Å². The van der Waals surface area contributed by atoms with E-state index < -0.39 is 0 Å². The van der Waals surface area contributed by atoms with Gasteiger partial charge in [0.1, 0.15) is 0 Å². The lowest BCUT2D eigenvalue weighted by Crippen LogP contribution is -2.46. The summed E-state index contributed by atoms with van der Waals surface area (Å²) in [6, 6.07) is 0.750. The number of piperidine rings is 2. The fourth-order valence-corrected chi connectivity index (χ4v) is 3.24. The molecule has 18 heavy (non-hydrogen) atoms. The number of hydrogen-bond acceptors (Lipinski definition) is 3. The van der Waals surface area contributed by atoms with Crippen LogP contribution >= 0.6 is 0 Å². The second kappa shape index (κ2) is 8.13. The van der Waals surface area contributed by atoms with Gasteiger partial charge < -0.3 is 15.1 Å². The predicted molar refractivity (Wildman–Crippen MR) is 78.0 cm³/mol. The van der Waals surface area contributed by atoms with Crippen LogP contribution in [0.2, 0.25) is 0 Å². The molecule has 2 saturated heterocycles. The van der Waals surface area contributed by atoms with Gasteiger partial charge in [0, 0.05) is 25.7 Å². The van der Waals surface area contributed by atoms with Crippen molar-refractivity contribution in [1.29, 1.82) is 0 Å². The number of nitrogens with one attached hydrogen (secondary N) is 1. The number of hydrogen-bond donors (Lipinski definition) is 1. The Hall–Kier alpha value is -0.120. The van der Waals surface area contributed by atoms with Crippen LogP contribution in [0.25, 0.3) is 0 Å². The summed E-state index contributed by atoms with van der Waals surface area (Å²) < 4.78 is 0. The normalized spacial score (nSPS) is 26.7. The first-order valence-electron chi connectivity index (χ1n) is 8.06. The van der Waals surface area contributed by atoms with Crippen LogP contribution in [0.15, 0.2) is 0 Å². The molecule has 2 fully saturated rings. The number of likely N-dealkylation sites (N-methyl/N-ethyl adjacent to an activating group) is 1. The van der Waals surface area contributed by atoms with Crippen LogP contribution in [0.3, 0.4) is 0 Å². The Balaban J connectivity index is 1.64. The Kier molecular flexibility index (Phi) is 6.46. The minimum Gasteiger partial charge on any atom is -0.313 e. The van der Waals surface area contributed by atoms with E-state index in [0.717, 1.165) is 6.04 Å². The lowest BCUT2D eigenvalue weighted by atomic mass is 10.0. The van der Waals surface area contributed by atoms with E-state index in [9.17, 15) is 0 Å². The highest BCUT2D eigenvalue weighted by Gasteiger charge is 2.17. The zero-order chi connectivity index (χ0) is 12.6. The highest BCUT2D eigenvalue weighted by atomic mass is 15.2. The first-order chi connectivity index (χ1) is 8.88. The molecule has 3 nitrogen and oxygen atoms in total. The maximum Gasteiger partial charge on any atom is 0.0195 e. The maximum absolute atomic E-state index is 3.67. The molecule has 3 heteroatoms. The van der Waals surface area contributed by atoms with E-state index in [-0.39, 0.29) is 0 Å². The molecule has 0 aromatic rings. The smallest absolute Gasteiger partial charge is 0.0195 e. The topological polar surface area (TPSA) is 18.5 Å². The van der Waals surface area contributed by atoms with Gasteiger partial charge in [-0.2, -0.15) is 0 Å². The molecule has 0 aromatic heterocycles. The molecule has 106 valence electrons. The molecular weight excluding hydrogens is 222 g/mol. The molecule has 0 bridgehead atoms. The molecular formula is C15H31N3. The first-order valence-corrected chi connectivity index (χ1v) is 8.06. The van der Waals surface area contributed by atoms with Gasteiger partial charge in [0.25, 0.3) is 0 Å². The van der Waals surface area contributed by atoms with Gasteiger partial charge >= 0.3 is 0 Å². The SMILES string of the molecule is CCN(CCN1CCCCC1)CC1CCCCN1. The van der Waals surface area contributed by atoms with Gasteiger partial charge in [0.2, 0.25) is 0 Å². The van der Waals surface area contributed by atoms with E-state index in [0.29, 0.717) is 0 Å². The molecule has 2 aliphatic heterocycles. The van der Waals surface area contributed by atoms with Gasteiger partial charge in [-0.05, 0) is 51.9 Å². The van der Waals surface area contributed by atoms with Crippen molar-refractivity contribution in [2.75, 3.05) is 45.8 Å². The van der Waals surface area contributed by atoms with Crippen LogP contribution in [0, 0.1) is 0 Å². The fraction of sp³-hybridized carbons (Fsp3) is 1.00. The third-order valence-electron chi connectivity index (χ3n) is 4.52. The molecule has 0 amide bonds. The van der Waals surface area contributed by atoms with Gasteiger partial charge in [0.05, 0.1) is 0 Å². The molecule has 1 unspecified atom stereocenters. The van der Waals surface area contributed by atoms with Crippen molar-refractivity contribution in [2.45, 2.75) is 51.5 Å². The number of nitrogens with zero attached hydrogens (tertiary/aromatic N) is 2. The largest absolute Gasteiger partial charge is 0.313 e. The Morgan fingerprint density at radius 2 is 1.94 bits per heavy atom. The molecule has 0 aliphatic carbocycles. The summed E-state index contributed by atoms with van der Waals surface area (Å²) in [6.07, 6.45) is 8.44. The van der Waals surface area contributed by atoms with Crippen LogP contribution < -0.4 is 5.32 Å². The van der Waals surface area contributed by atoms with E-state index in [2.05, 4.69) is 22.0 Å². The van der Waals surface area contributed by atoms with E-state index in [1.807, 2.05) is 0 Å². The monoisotopic (exact) mass is 253 g/mol. The minimum atomic E-state index is 0.750. The average molecular weight is 253 g/mol. The van der Waals surface area contributed by atoms with E-state index in [4.69, 9.17) is 0 Å². The quantitative estimate of drug-likeness (QED) is 0.780. The van der Waals surface area contributed by atoms with Gasteiger partial charge in [-0.25, -0.2) is 0 Å². The lowest BCUT2D eigenvalue weighted by Gasteiger charge is -2.32. The van der Waals surface area contributed by atoms with Crippen molar-refractivity contribution >= 4 is 0 Å². The van der Waals surface area contributed by atoms with Crippen molar-refractivity contribution < 1.29 is 0 Å². The molecule has 1 N–H and O–H groups in total. The summed E-state index contributed by atoms with van der Waals surface area (Å²) in [5.41, 5.74) is 0. The Morgan fingerprint density at radius 3 is 2.61 bits per heavy atom. The van der Waals surface area contributed by atoms with Crippen molar-refractivity contribution in [3.05, 3.63) is 0 Å². The first kappa shape index (κ1) is 14.3. The standard InChI is InChI=1S/C15H31N3/c1-2-17(14-15-8-4-5-9-16-15)12-13-18-10-6-3-7-11-18/h15-16H,2-14H2,1H3. The summed E-state index contributed by atoms with van der Waals surface area (Å²) in [5.74, 6) is 0. The zero-order valence-corrected chi connectivity index (χ0v) is 12.2. The van der Waals surface area contributed by atoms with Crippen LogP contribution in [-0.2, 0) is 0 Å². The summed E-state index contributed by atoms with van der Waals surface area (Å²) in [5, 5.41) is 3.67. The molecule has 0 saturated carbocycles. The predicted octanol–water partition coefficient (Wildman–Crippen LogP) is 1.94. The van der Waals surface area contributed by atoms with Crippen LogP contribution in [-0.4, -0.2) is 61.7 Å². The maximum atomic E-state index is 3.67. The highest BCUT2D eigenvalue weighted by Crippen LogP contribution is 2.10. The van der Waals surface area contributed by atoms with Gasteiger partial charge in [-0.3, -0.25) is 0 Å². The lowest BCUT2D eigenvalue weighted by molar-refractivity contribution is 0.171. The third kappa shape index (κ3) is 4.87. The molecule has 2 rings (SSSR count). The minimum absolute atomic E-state index is 0.750. The molecule has 0 aromatic carbocycles. The van der Waals surface area contributed by atoms with Crippen molar-refractivity contribution in [1.82, 2.24) is 15.1 Å². The zero-order valence-electron chi connectivity index (χ0n) is 12.2. The van der Waals surface area contributed by atoms with Gasteiger partial charge in [0.15, 0.2) is 0 Å². The second-order valence-electron chi connectivity index (χ2n) is 5.94. The van der Waals surface area contributed by atoms with Crippen LogP contribution in [0.4, 0.5) is 0 Å². The highest BCUT2D eigenvalue weighted by molar-refractivity contribution is 4.76. The Labute approximate surface area is 113 Å². The van der Waals surface area contributed by atoms with Crippen LogP contribution in [0.5, 0.6) is 0 Å². The average Bonchev–Trinajstić information content (AvgIpc) is 2.45. The summed E-state index contributed by atoms with van der Waals surface area (Å²) >= 11 is 0. The van der Waals surface area contributed by atoms with Crippen molar-refractivity contribution in [3.63, 3.8) is 0 Å². The van der Waals surface area contributed by atoms with E-state index in [1.54, 1.807) is 0 Å². The molecule has 2 aliphatic rings. The van der Waals surface area contributed by atoms with Crippen molar-refractivity contribution in [2.24, 2.45) is 0 Å². The Morgan fingerprint density at radius 1 is 1.11 bits per heavy atom. The van der Waals surface area contributed by atoms with E-state index >= 15 is 0 Å². The van der Waals surface area contributed by atoms with E-state index in [1.165, 1.54) is 84.3 Å². The fourth-order valence-electron chi connectivity index (χ4n) is 3.24. The van der Waals surface area contributed by atoms with Crippen LogP contribution in [0.1, 0.15) is 45.4 Å². The Bertz CT molecular complexity index is 208. The molecule has 1 atom stereocenters. The third-order valence-corrected chi connectivity index (χ3v) is 4.52. The summed E-state index contributed by atoms with van der Waals surface area (Å²) in [4.78, 5) is 5.29. The van der Waals surface area contributed by atoms with Gasteiger partial charge in [-0.1, -0.05) is 19.8 Å². The summed E-state index contributed by atoms with van der Waals surface area (Å²) in [6.45, 7) is 11.2. The number of rotatable bonds is 6. The molecule has 0 spiro atoms. The van der Waals surface area contributed by atoms with Gasteiger partial charge in [-0.15, -0.1) is 0 Å².